The number of carbonyl (C=O) groups excluding carboxylic acids is 2. The number of hydrogen-bond donors (Lipinski definition) is 1. The zero-order chi connectivity index (χ0) is 20.8. The lowest BCUT2D eigenvalue weighted by molar-refractivity contribution is -0.130. The molecule has 8 heteroatoms. The monoisotopic (exact) mass is 411 g/mol. The fourth-order valence-corrected chi connectivity index (χ4v) is 3.36. The number of anilines is 1. The van der Waals surface area contributed by atoms with E-state index in [4.69, 9.17) is 10.8 Å². The molecule has 0 aliphatic heterocycles. The summed E-state index contributed by atoms with van der Waals surface area (Å²) in [4.78, 5) is 30.7. The smallest absolute Gasteiger partial charge is 0.260 e. The quantitative estimate of drug-likeness (QED) is 0.603. The Morgan fingerprint density at radius 3 is 2.72 bits per heavy atom. The molecule has 0 aliphatic carbocycles. The number of aromatic nitrogens is 1. The summed E-state index contributed by atoms with van der Waals surface area (Å²) in [7, 11) is 0. The number of nitrogens with one attached hydrogen (secondary N) is 1. The van der Waals surface area contributed by atoms with Crippen molar-refractivity contribution in [2.24, 2.45) is 0 Å². The summed E-state index contributed by atoms with van der Waals surface area (Å²) < 4.78 is 18.2. The highest BCUT2D eigenvalue weighted by atomic mass is 32.1. The number of aryl methyl sites for hydroxylation is 1. The Bertz CT molecular complexity index is 1050. The maximum absolute atomic E-state index is 13.1. The second kappa shape index (κ2) is 9.17. The van der Waals surface area contributed by atoms with E-state index in [1.807, 2.05) is 0 Å². The Morgan fingerprint density at radius 1 is 1.31 bits per heavy atom. The lowest BCUT2D eigenvalue weighted by Crippen LogP contribution is -2.32. The predicted molar refractivity (Wildman–Crippen MR) is 108 cm³/mol. The molecule has 2 amide bonds. The molecule has 1 N–H and O–H groups in total. The van der Waals surface area contributed by atoms with Crippen molar-refractivity contribution in [1.29, 1.82) is 0 Å². The molecule has 0 bridgehead atoms. The van der Waals surface area contributed by atoms with Gasteiger partial charge in [0, 0.05) is 11.9 Å². The number of terminal acetylenes is 1. The number of benzene rings is 1. The highest BCUT2D eigenvalue weighted by Gasteiger charge is 2.17. The van der Waals surface area contributed by atoms with Crippen LogP contribution in [0.25, 0.3) is 0 Å². The number of amides is 2. The van der Waals surface area contributed by atoms with Crippen LogP contribution in [0.1, 0.15) is 27.4 Å². The summed E-state index contributed by atoms with van der Waals surface area (Å²) in [6, 6.07) is 7.48. The number of hydrogen-bond acceptors (Lipinski definition) is 5. The van der Waals surface area contributed by atoms with Crippen molar-refractivity contribution < 1.29 is 18.4 Å². The van der Waals surface area contributed by atoms with Crippen molar-refractivity contribution in [3.63, 3.8) is 0 Å². The molecule has 29 heavy (non-hydrogen) atoms. The summed E-state index contributed by atoms with van der Waals surface area (Å²) in [5, 5.41) is 4.79. The molecule has 0 aliphatic rings. The van der Waals surface area contributed by atoms with Crippen LogP contribution in [0.15, 0.2) is 46.4 Å². The molecule has 2 aromatic heterocycles. The van der Waals surface area contributed by atoms with Gasteiger partial charge in [0.25, 0.3) is 5.91 Å². The Labute approximate surface area is 171 Å². The largest absolute Gasteiger partial charge is 0.469 e. The van der Waals surface area contributed by atoms with E-state index in [1.165, 1.54) is 34.6 Å². The molecule has 6 nitrogen and oxygen atoms in total. The molecule has 1 aromatic carbocycles. The molecular weight excluding hydrogens is 393 g/mol. The molecule has 3 rings (SSSR count). The van der Waals surface area contributed by atoms with Gasteiger partial charge in [-0.2, -0.15) is 0 Å². The predicted octanol–water partition coefficient (Wildman–Crippen LogP) is 3.64. The van der Waals surface area contributed by atoms with Crippen LogP contribution in [0.3, 0.4) is 0 Å². The van der Waals surface area contributed by atoms with Crippen LogP contribution >= 0.6 is 11.3 Å². The van der Waals surface area contributed by atoms with Gasteiger partial charge in [0.1, 0.15) is 11.6 Å². The molecule has 0 unspecified atom stereocenters. The zero-order valence-corrected chi connectivity index (χ0v) is 16.5. The molecule has 0 atom stereocenters. The first-order valence-electron chi connectivity index (χ1n) is 8.72. The van der Waals surface area contributed by atoms with Crippen molar-refractivity contribution in [2.45, 2.75) is 19.9 Å². The Hall–Kier alpha value is -3.44. The van der Waals surface area contributed by atoms with Gasteiger partial charge in [-0.1, -0.05) is 18.1 Å². The normalized spacial score (nSPS) is 10.4. The highest BCUT2D eigenvalue weighted by Crippen LogP contribution is 2.19. The average molecular weight is 411 g/mol. The van der Waals surface area contributed by atoms with Crippen LogP contribution in [0.2, 0.25) is 0 Å². The van der Waals surface area contributed by atoms with Crippen LogP contribution in [-0.2, 0) is 17.8 Å². The summed E-state index contributed by atoms with van der Waals surface area (Å²) >= 11 is 1.23. The Balaban J connectivity index is 1.63. The van der Waals surface area contributed by atoms with Crippen LogP contribution in [0, 0.1) is 25.1 Å². The third kappa shape index (κ3) is 5.30. The molecule has 148 valence electrons. The summed E-state index contributed by atoms with van der Waals surface area (Å²) in [5.74, 6) is 2.11. The van der Waals surface area contributed by atoms with Gasteiger partial charge in [0.05, 0.1) is 30.5 Å². The topological polar surface area (TPSA) is 75.4 Å². The minimum atomic E-state index is -0.341. The standard InChI is InChI=1S/C21H18FN3O3S/c1-3-9-25(12-15-4-6-16(22)7-5-15)19(26)11-17-13-29-21(23-17)24-20(27)18-8-10-28-14(18)2/h1,4-8,10,13H,9,11-12H2,2H3,(H,23,24,27). The number of carbonyl (C=O) groups is 2. The zero-order valence-electron chi connectivity index (χ0n) is 15.6. The molecule has 0 fully saturated rings. The van der Waals surface area contributed by atoms with Crippen molar-refractivity contribution in [2.75, 3.05) is 11.9 Å². The fourth-order valence-electron chi connectivity index (χ4n) is 2.65. The molecule has 0 spiro atoms. The first-order valence-corrected chi connectivity index (χ1v) is 9.59. The minimum absolute atomic E-state index is 0.0417. The van der Waals surface area contributed by atoms with Gasteiger partial charge in [-0.25, -0.2) is 9.37 Å². The maximum Gasteiger partial charge on any atom is 0.260 e. The second-order valence-corrected chi connectivity index (χ2v) is 7.10. The SMILES string of the molecule is C#CCN(Cc1ccc(F)cc1)C(=O)Cc1csc(NC(=O)c2ccoc2C)n1. The molecule has 2 heterocycles. The molecule has 3 aromatic rings. The second-order valence-electron chi connectivity index (χ2n) is 6.25. The maximum atomic E-state index is 13.1. The van der Waals surface area contributed by atoms with E-state index in [9.17, 15) is 14.0 Å². The van der Waals surface area contributed by atoms with E-state index in [1.54, 1.807) is 30.5 Å². The lowest BCUT2D eigenvalue weighted by atomic mass is 10.2. The van der Waals surface area contributed by atoms with Crippen LogP contribution in [-0.4, -0.2) is 28.2 Å². The van der Waals surface area contributed by atoms with E-state index in [2.05, 4.69) is 16.2 Å². The summed E-state index contributed by atoms with van der Waals surface area (Å²) in [6.45, 7) is 2.10. The molecular formula is C21H18FN3O3S. The van der Waals surface area contributed by atoms with Gasteiger partial charge in [-0.05, 0) is 30.7 Å². The first kappa shape index (κ1) is 20.3. The van der Waals surface area contributed by atoms with E-state index >= 15 is 0 Å². The van der Waals surface area contributed by atoms with Gasteiger partial charge in [0.2, 0.25) is 5.91 Å². The van der Waals surface area contributed by atoms with Crippen molar-refractivity contribution in [3.05, 3.63) is 70.4 Å². The Morgan fingerprint density at radius 2 is 2.07 bits per heavy atom. The van der Waals surface area contributed by atoms with Crippen LogP contribution < -0.4 is 5.32 Å². The van der Waals surface area contributed by atoms with Crippen molar-refractivity contribution in [3.8, 4) is 12.3 Å². The molecule has 0 saturated carbocycles. The van der Waals surface area contributed by atoms with Crippen LogP contribution in [0.5, 0.6) is 0 Å². The van der Waals surface area contributed by atoms with Gasteiger partial charge in [-0.15, -0.1) is 17.8 Å². The third-order valence-corrected chi connectivity index (χ3v) is 4.94. The number of thiazole rings is 1. The van der Waals surface area contributed by atoms with E-state index in [0.29, 0.717) is 22.1 Å². The number of furan rings is 1. The third-order valence-electron chi connectivity index (χ3n) is 4.13. The Kier molecular flexibility index (Phi) is 6.42. The minimum Gasteiger partial charge on any atom is -0.469 e. The van der Waals surface area contributed by atoms with Crippen molar-refractivity contribution in [1.82, 2.24) is 9.88 Å². The average Bonchev–Trinajstić information content (AvgIpc) is 3.31. The van der Waals surface area contributed by atoms with E-state index < -0.39 is 0 Å². The molecule has 0 radical (unpaired) electrons. The molecule has 0 saturated heterocycles. The number of halogens is 1. The lowest BCUT2D eigenvalue weighted by Gasteiger charge is -2.20. The number of rotatable bonds is 7. The van der Waals surface area contributed by atoms with E-state index in [0.717, 1.165) is 5.56 Å². The number of nitrogens with zero attached hydrogens (tertiary/aromatic N) is 2. The fraction of sp³-hybridized carbons (Fsp3) is 0.190. The van der Waals surface area contributed by atoms with Gasteiger partial charge in [-0.3, -0.25) is 14.9 Å². The van der Waals surface area contributed by atoms with Gasteiger partial charge < -0.3 is 9.32 Å². The van der Waals surface area contributed by atoms with Gasteiger partial charge in [0.15, 0.2) is 5.13 Å². The van der Waals surface area contributed by atoms with E-state index in [-0.39, 0.29) is 37.1 Å². The van der Waals surface area contributed by atoms with Crippen molar-refractivity contribution >= 4 is 28.3 Å². The highest BCUT2D eigenvalue weighted by molar-refractivity contribution is 7.14. The summed E-state index contributed by atoms with van der Waals surface area (Å²) in [6.07, 6.45) is 6.87. The summed E-state index contributed by atoms with van der Waals surface area (Å²) in [5.41, 5.74) is 1.73. The van der Waals surface area contributed by atoms with Crippen LogP contribution in [0.4, 0.5) is 9.52 Å². The van der Waals surface area contributed by atoms with Gasteiger partial charge >= 0.3 is 0 Å². The first-order chi connectivity index (χ1) is 14.0.